The van der Waals surface area contributed by atoms with Gasteiger partial charge in [0.05, 0.1) is 6.42 Å². The number of carboxylic acids is 1. The van der Waals surface area contributed by atoms with Gasteiger partial charge in [-0.25, -0.2) is 0 Å². The van der Waals surface area contributed by atoms with Crippen molar-refractivity contribution in [3.05, 3.63) is 6.92 Å². The lowest BCUT2D eigenvalue weighted by molar-refractivity contribution is -0.138. The topological polar surface area (TPSA) is 66.4 Å². The third-order valence-corrected chi connectivity index (χ3v) is 1.06. The van der Waals surface area contributed by atoms with E-state index in [1.54, 1.807) is 0 Å². The standard InChI is InChI=1S/C7H12NO3/c1-2-5-8-6(9)3-4-7(10)11/h1-5H2,(H,8,9)(H,10,11). The Bertz CT molecular complexity index is 145. The number of hydrogen-bond acceptors (Lipinski definition) is 2. The van der Waals surface area contributed by atoms with Gasteiger partial charge in [-0.05, 0) is 6.42 Å². The van der Waals surface area contributed by atoms with Gasteiger partial charge >= 0.3 is 5.97 Å². The maximum atomic E-state index is 10.7. The van der Waals surface area contributed by atoms with E-state index in [1.165, 1.54) is 0 Å². The third-order valence-electron chi connectivity index (χ3n) is 1.06. The van der Waals surface area contributed by atoms with Crippen LogP contribution in [0.3, 0.4) is 0 Å². The number of carboxylic acid groups (broad SMARTS) is 1. The highest BCUT2D eigenvalue weighted by molar-refractivity contribution is 5.80. The minimum absolute atomic E-state index is 0.0509. The Kier molecular flexibility index (Phi) is 5.15. The van der Waals surface area contributed by atoms with E-state index in [9.17, 15) is 9.59 Å². The first-order chi connectivity index (χ1) is 5.16. The van der Waals surface area contributed by atoms with Crippen LogP contribution in [0.5, 0.6) is 0 Å². The molecule has 0 aliphatic carbocycles. The molecule has 0 saturated heterocycles. The molecule has 0 atom stereocenters. The Labute approximate surface area is 65.6 Å². The molecule has 0 aromatic rings. The van der Waals surface area contributed by atoms with Gasteiger partial charge in [0.25, 0.3) is 0 Å². The fourth-order valence-corrected chi connectivity index (χ4v) is 0.537. The molecular weight excluding hydrogens is 146 g/mol. The fourth-order valence-electron chi connectivity index (χ4n) is 0.537. The summed E-state index contributed by atoms with van der Waals surface area (Å²) in [5.74, 6) is -1.18. The summed E-state index contributed by atoms with van der Waals surface area (Å²) in [6.45, 7) is 4.03. The average Bonchev–Trinajstić information content (AvgIpc) is 1.97. The van der Waals surface area contributed by atoms with Crippen molar-refractivity contribution in [1.29, 1.82) is 0 Å². The lowest BCUT2D eigenvalue weighted by Gasteiger charge is -1.99. The van der Waals surface area contributed by atoms with Crippen molar-refractivity contribution in [2.24, 2.45) is 0 Å². The Morgan fingerprint density at radius 3 is 2.45 bits per heavy atom. The number of carbonyl (C=O) groups is 2. The first-order valence-electron chi connectivity index (χ1n) is 3.44. The molecule has 11 heavy (non-hydrogen) atoms. The second kappa shape index (κ2) is 5.70. The molecule has 0 unspecified atom stereocenters. The van der Waals surface area contributed by atoms with Crippen molar-refractivity contribution in [1.82, 2.24) is 5.32 Å². The van der Waals surface area contributed by atoms with Crippen LogP contribution in [0.25, 0.3) is 0 Å². The predicted octanol–water partition coefficient (Wildman–Crippen LogP) is 0.192. The summed E-state index contributed by atoms with van der Waals surface area (Å²) in [4.78, 5) is 20.7. The Morgan fingerprint density at radius 2 is 2.00 bits per heavy atom. The molecule has 2 N–H and O–H groups in total. The summed E-state index contributed by atoms with van der Waals surface area (Å²) in [6.07, 6.45) is 0.567. The maximum absolute atomic E-state index is 10.7. The molecule has 1 radical (unpaired) electrons. The molecule has 63 valence electrons. The van der Waals surface area contributed by atoms with E-state index < -0.39 is 5.97 Å². The lowest BCUT2D eigenvalue weighted by atomic mass is 10.3. The van der Waals surface area contributed by atoms with Gasteiger partial charge in [-0.1, -0.05) is 6.92 Å². The van der Waals surface area contributed by atoms with Crippen LogP contribution >= 0.6 is 0 Å². The first-order valence-corrected chi connectivity index (χ1v) is 3.44. The van der Waals surface area contributed by atoms with E-state index in [0.717, 1.165) is 0 Å². The van der Waals surface area contributed by atoms with Crippen LogP contribution in [0.1, 0.15) is 19.3 Å². The molecular formula is C7H12NO3. The number of aliphatic carboxylic acids is 1. The van der Waals surface area contributed by atoms with Crippen molar-refractivity contribution in [3.8, 4) is 0 Å². The lowest BCUT2D eigenvalue weighted by Crippen LogP contribution is -2.24. The summed E-state index contributed by atoms with van der Waals surface area (Å²) in [5.41, 5.74) is 0. The van der Waals surface area contributed by atoms with Gasteiger partial charge in [-0.3, -0.25) is 9.59 Å². The number of amides is 1. The van der Waals surface area contributed by atoms with E-state index in [4.69, 9.17) is 5.11 Å². The molecule has 0 rings (SSSR count). The van der Waals surface area contributed by atoms with E-state index in [1.807, 2.05) is 0 Å². The van der Waals surface area contributed by atoms with Crippen LogP contribution in [0.4, 0.5) is 0 Å². The monoisotopic (exact) mass is 158 g/mol. The predicted molar refractivity (Wildman–Crippen MR) is 39.9 cm³/mol. The SMILES string of the molecule is [CH2]CCNC(=O)CCC(=O)O. The minimum atomic E-state index is -0.949. The summed E-state index contributed by atoms with van der Waals surface area (Å²) < 4.78 is 0. The Balaban J connectivity index is 3.30. The quantitative estimate of drug-likeness (QED) is 0.600. The van der Waals surface area contributed by atoms with Crippen molar-refractivity contribution in [2.75, 3.05) is 6.54 Å². The smallest absolute Gasteiger partial charge is 0.303 e. The molecule has 0 spiro atoms. The summed E-state index contributed by atoms with van der Waals surface area (Å²) in [7, 11) is 0. The molecule has 0 heterocycles. The highest BCUT2D eigenvalue weighted by atomic mass is 16.4. The maximum Gasteiger partial charge on any atom is 0.303 e. The van der Waals surface area contributed by atoms with Gasteiger partial charge in [-0.15, -0.1) is 0 Å². The number of rotatable bonds is 5. The average molecular weight is 158 g/mol. The van der Waals surface area contributed by atoms with Gasteiger partial charge in [-0.2, -0.15) is 0 Å². The van der Waals surface area contributed by atoms with Gasteiger partial charge < -0.3 is 10.4 Å². The van der Waals surface area contributed by atoms with Crippen LogP contribution in [-0.4, -0.2) is 23.5 Å². The van der Waals surface area contributed by atoms with Gasteiger partial charge in [0.2, 0.25) is 5.91 Å². The van der Waals surface area contributed by atoms with Crippen LogP contribution in [0.15, 0.2) is 0 Å². The summed E-state index contributed by atoms with van der Waals surface area (Å²) in [6, 6.07) is 0. The van der Waals surface area contributed by atoms with Crippen molar-refractivity contribution in [3.63, 3.8) is 0 Å². The van der Waals surface area contributed by atoms with Crippen LogP contribution < -0.4 is 5.32 Å². The highest BCUT2D eigenvalue weighted by Crippen LogP contribution is 1.87. The summed E-state index contributed by atoms with van der Waals surface area (Å²) >= 11 is 0. The molecule has 0 aromatic heterocycles. The molecule has 0 aliphatic rings. The number of carbonyl (C=O) groups excluding carboxylic acids is 1. The molecule has 1 amide bonds. The van der Waals surface area contributed by atoms with E-state index in [-0.39, 0.29) is 18.7 Å². The van der Waals surface area contributed by atoms with E-state index in [0.29, 0.717) is 13.0 Å². The molecule has 0 fully saturated rings. The first kappa shape index (κ1) is 9.94. The third kappa shape index (κ3) is 6.83. The molecule has 0 aliphatic heterocycles. The second-order valence-electron chi connectivity index (χ2n) is 2.10. The van der Waals surface area contributed by atoms with Gasteiger partial charge in [0.15, 0.2) is 0 Å². The van der Waals surface area contributed by atoms with Crippen molar-refractivity contribution < 1.29 is 14.7 Å². The Morgan fingerprint density at radius 1 is 1.36 bits per heavy atom. The Hall–Kier alpha value is -1.06. The largest absolute Gasteiger partial charge is 0.481 e. The summed E-state index contributed by atoms with van der Waals surface area (Å²) in [5, 5.41) is 10.7. The van der Waals surface area contributed by atoms with Gasteiger partial charge in [0, 0.05) is 13.0 Å². The van der Waals surface area contributed by atoms with Crippen LogP contribution in [0.2, 0.25) is 0 Å². The van der Waals surface area contributed by atoms with Gasteiger partial charge in [0.1, 0.15) is 0 Å². The molecule has 0 aromatic carbocycles. The molecule has 4 nitrogen and oxygen atoms in total. The zero-order valence-corrected chi connectivity index (χ0v) is 6.30. The normalized spacial score (nSPS) is 9.18. The van der Waals surface area contributed by atoms with E-state index >= 15 is 0 Å². The van der Waals surface area contributed by atoms with E-state index in [2.05, 4.69) is 12.2 Å². The fraction of sp³-hybridized carbons (Fsp3) is 0.571. The van der Waals surface area contributed by atoms with Crippen LogP contribution in [-0.2, 0) is 9.59 Å². The zero-order valence-electron chi connectivity index (χ0n) is 6.30. The molecule has 4 heteroatoms. The van der Waals surface area contributed by atoms with Crippen LogP contribution in [0, 0.1) is 6.92 Å². The number of nitrogens with one attached hydrogen (secondary N) is 1. The second-order valence-corrected chi connectivity index (χ2v) is 2.10. The zero-order chi connectivity index (χ0) is 8.69. The highest BCUT2D eigenvalue weighted by Gasteiger charge is 2.02. The van der Waals surface area contributed by atoms with Crippen molar-refractivity contribution in [2.45, 2.75) is 19.3 Å². The molecule has 0 bridgehead atoms. The van der Waals surface area contributed by atoms with Crippen molar-refractivity contribution >= 4 is 11.9 Å². The minimum Gasteiger partial charge on any atom is -0.481 e. The molecule has 0 saturated carbocycles. The number of hydrogen-bond donors (Lipinski definition) is 2.